The van der Waals surface area contributed by atoms with Crippen LogP contribution < -0.4 is 10.6 Å². The van der Waals surface area contributed by atoms with Crippen LogP contribution in [0.3, 0.4) is 0 Å². The minimum atomic E-state index is 0.303. The van der Waals surface area contributed by atoms with Crippen molar-refractivity contribution < 1.29 is 9.21 Å². The lowest BCUT2D eigenvalue weighted by Crippen LogP contribution is -2.40. The van der Waals surface area contributed by atoms with Crippen LogP contribution in [-0.4, -0.2) is 49.0 Å². The molecule has 1 aliphatic heterocycles. The lowest BCUT2D eigenvalue weighted by molar-refractivity contribution is -0.128. The van der Waals surface area contributed by atoms with E-state index in [2.05, 4.69) is 39.8 Å². The second-order valence-electron chi connectivity index (χ2n) is 7.96. The van der Waals surface area contributed by atoms with E-state index in [4.69, 9.17) is 9.41 Å². The zero-order valence-corrected chi connectivity index (χ0v) is 16.8. The van der Waals surface area contributed by atoms with Crippen LogP contribution in [0.4, 0.5) is 0 Å². The molecule has 4 rings (SSSR count). The fourth-order valence-electron chi connectivity index (χ4n) is 3.79. The van der Waals surface area contributed by atoms with E-state index in [-0.39, 0.29) is 0 Å². The lowest BCUT2D eigenvalue weighted by atomic mass is 10.1. The minimum absolute atomic E-state index is 0.303. The Morgan fingerprint density at radius 2 is 1.86 bits per heavy atom. The van der Waals surface area contributed by atoms with Crippen molar-refractivity contribution in [3.05, 3.63) is 60.1 Å². The lowest BCUT2D eigenvalue weighted by Gasteiger charge is -2.16. The predicted molar refractivity (Wildman–Crippen MR) is 114 cm³/mol. The molecular weight excluding hydrogens is 364 g/mol. The number of rotatable bonds is 9. The number of hydrogen-bond acceptors (Lipinski definition) is 3. The highest BCUT2D eigenvalue weighted by Gasteiger charge is 2.39. The quantitative estimate of drug-likeness (QED) is 0.507. The Bertz CT molecular complexity index is 800. The summed E-state index contributed by atoms with van der Waals surface area (Å²) in [5.74, 6) is 2.39. The molecule has 2 N–H and O–H groups in total. The predicted octanol–water partition coefficient (Wildman–Crippen LogP) is 2.61. The van der Waals surface area contributed by atoms with Gasteiger partial charge in [0.2, 0.25) is 5.91 Å². The summed E-state index contributed by atoms with van der Waals surface area (Å²) < 4.78 is 5.40. The van der Waals surface area contributed by atoms with Crippen LogP contribution in [0.25, 0.3) is 0 Å². The Morgan fingerprint density at radius 3 is 2.59 bits per heavy atom. The maximum absolute atomic E-state index is 12.2. The maximum atomic E-state index is 12.2. The van der Waals surface area contributed by atoms with Crippen LogP contribution in [0.2, 0.25) is 0 Å². The van der Waals surface area contributed by atoms with Crippen LogP contribution in [0.15, 0.2) is 58.1 Å². The molecule has 1 amide bonds. The molecule has 1 aromatic heterocycles. The van der Waals surface area contributed by atoms with Crippen LogP contribution in [0, 0.1) is 5.92 Å². The first-order chi connectivity index (χ1) is 14.3. The third-order valence-electron chi connectivity index (χ3n) is 5.53. The first-order valence-electron chi connectivity index (χ1n) is 10.7. The normalized spacial score (nSPS) is 19.6. The van der Waals surface area contributed by atoms with Gasteiger partial charge in [-0.3, -0.25) is 9.79 Å². The third-order valence-corrected chi connectivity index (χ3v) is 5.53. The van der Waals surface area contributed by atoms with Gasteiger partial charge in [0.15, 0.2) is 5.96 Å². The Hall–Kier alpha value is -2.76. The van der Waals surface area contributed by atoms with Crippen LogP contribution in [-0.2, 0) is 17.6 Å². The van der Waals surface area contributed by atoms with Gasteiger partial charge < -0.3 is 20.0 Å². The van der Waals surface area contributed by atoms with Crippen molar-refractivity contribution in [1.29, 1.82) is 0 Å². The molecule has 29 heavy (non-hydrogen) atoms. The van der Waals surface area contributed by atoms with E-state index >= 15 is 0 Å². The van der Waals surface area contributed by atoms with Gasteiger partial charge in [-0.25, -0.2) is 0 Å². The van der Waals surface area contributed by atoms with Crippen molar-refractivity contribution in [3.8, 4) is 0 Å². The Morgan fingerprint density at radius 1 is 1.07 bits per heavy atom. The van der Waals surface area contributed by atoms with Crippen LogP contribution >= 0.6 is 0 Å². The number of carbonyl (C=O) groups excluding carboxylic acids is 1. The number of amides is 1. The summed E-state index contributed by atoms with van der Waals surface area (Å²) in [4.78, 5) is 19.0. The van der Waals surface area contributed by atoms with Gasteiger partial charge in [-0.15, -0.1) is 0 Å². The van der Waals surface area contributed by atoms with Crippen LogP contribution in [0.5, 0.6) is 0 Å². The number of aliphatic imine (C=N–C) groups is 1. The molecule has 0 radical (unpaired) electrons. The van der Waals surface area contributed by atoms with Gasteiger partial charge in [-0.2, -0.15) is 0 Å². The SMILES string of the molecule is O=C1CC(CN=C(NCCc2ccccc2)NCCc2ccco2)CN1C1CC1. The topological polar surface area (TPSA) is 69.9 Å². The largest absolute Gasteiger partial charge is 0.469 e. The number of carbonyl (C=O) groups is 1. The number of guanidine groups is 1. The van der Waals surface area contributed by atoms with Gasteiger partial charge in [-0.05, 0) is 37.0 Å². The zero-order chi connectivity index (χ0) is 19.9. The van der Waals surface area contributed by atoms with Crippen molar-refractivity contribution >= 4 is 11.9 Å². The molecule has 1 saturated carbocycles. The molecule has 6 nitrogen and oxygen atoms in total. The molecule has 2 aliphatic rings. The molecule has 2 fully saturated rings. The van der Waals surface area contributed by atoms with E-state index in [0.717, 1.165) is 44.2 Å². The van der Waals surface area contributed by atoms with Crippen molar-refractivity contribution in [2.45, 2.75) is 38.1 Å². The van der Waals surface area contributed by atoms with Gasteiger partial charge in [0.25, 0.3) is 0 Å². The Labute approximate surface area is 172 Å². The average molecular weight is 395 g/mol. The van der Waals surface area contributed by atoms with E-state index in [1.165, 1.54) is 18.4 Å². The highest BCUT2D eigenvalue weighted by Crippen LogP contribution is 2.32. The van der Waals surface area contributed by atoms with Crippen molar-refractivity contribution in [2.24, 2.45) is 10.9 Å². The van der Waals surface area contributed by atoms with Crippen molar-refractivity contribution in [2.75, 3.05) is 26.2 Å². The van der Waals surface area contributed by atoms with E-state index in [1.807, 2.05) is 18.2 Å². The van der Waals surface area contributed by atoms with Gasteiger partial charge in [0, 0.05) is 51.0 Å². The summed E-state index contributed by atoms with van der Waals surface area (Å²) in [7, 11) is 0. The van der Waals surface area contributed by atoms with Gasteiger partial charge >= 0.3 is 0 Å². The molecule has 1 unspecified atom stereocenters. The summed E-state index contributed by atoms with van der Waals surface area (Å²) >= 11 is 0. The zero-order valence-electron chi connectivity index (χ0n) is 16.8. The highest BCUT2D eigenvalue weighted by molar-refractivity contribution is 5.81. The number of nitrogens with one attached hydrogen (secondary N) is 2. The molecule has 1 aromatic carbocycles. The molecule has 154 valence electrons. The molecule has 1 atom stereocenters. The molecule has 0 bridgehead atoms. The Kier molecular flexibility index (Phi) is 6.49. The highest BCUT2D eigenvalue weighted by atomic mass is 16.3. The summed E-state index contributed by atoms with van der Waals surface area (Å²) in [6.07, 6.45) is 6.42. The second-order valence-corrected chi connectivity index (χ2v) is 7.96. The maximum Gasteiger partial charge on any atom is 0.223 e. The summed E-state index contributed by atoms with van der Waals surface area (Å²) in [6.45, 7) is 3.10. The first kappa shape index (κ1) is 19.6. The number of likely N-dealkylation sites (tertiary alicyclic amines) is 1. The smallest absolute Gasteiger partial charge is 0.223 e. The number of nitrogens with zero attached hydrogens (tertiary/aromatic N) is 2. The first-order valence-corrected chi connectivity index (χ1v) is 10.7. The molecule has 2 aromatic rings. The molecular formula is C23H30N4O2. The van der Waals surface area contributed by atoms with E-state index < -0.39 is 0 Å². The van der Waals surface area contributed by atoms with E-state index in [0.29, 0.717) is 30.8 Å². The molecule has 1 aliphatic carbocycles. The minimum Gasteiger partial charge on any atom is -0.469 e. The summed E-state index contributed by atoms with van der Waals surface area (Å²) in [5.41, 5.74) is 1.30. The van der Waals surface area contributed by atoms with Crippen molar-refractivity contribution in [1.82, 2.24) is 15.5 Å². The average Bonchev–Trinajstić information content (AvgIpc) is 3.31. The molecule has 2 heterocycles. The summed E-state index contributed by atoms with van der Waals surface area (Å²) in [6, 6.07) is 14.8. The Balaban J connectivity index is 1.28. The molecule has 6 heteroatoms. The number of furan rings is 1. The van der Waals surface area contributed by atoms with E-state index in [1.54, 1.807) is 6.26 Å². The van der Waals surface area contributed by atoms with Gasteiger partial charge in [-0.1, -0.05) is 30.3 Å². The third kappa shape index (κ3) is 5.86. The second kappa shape index (κ2) is 9.63. The molecule has 1 saturated heterocycles. The summed E-state index contributed by atoms with van der Waals surface area (Å²) in [5, 5.41) is 6.85. The standard InChI is InChI=1S/C23H30N4O2/c28-22-15-19(17-27(22)20-8-9-20)16-26-23(25-13-11-21-7-4-14-29-21)24-12-10-18-5-2-1-3-6-18/h1-7,14,19-20H,8-13,15-17H2,(H2,24,25,26). The molecule has 0 spiro atoms. The fourth-order valence-corrected chi connectivity index (χ4v) is 3.79. The monoisotopic (exact) mass is 394 g/mol. The van der Waals surface area contributed by atoms with Crippen molar-refractivity contribution in [3.63, 3.8) is 0 Å². The van der Waals surface area contributed by atoms with Gasteiger partial charge in [0.1, 0.15) is 5.76 Å². The van der Waals surface area contributed by atoms with Crippen LogP contribution in [0.1, 0.15) is 30.6 Å². The fraction of sp³-hybridized carbons (Fsp3) is 0.478. The van der Waals surface area contributed by atoms with Gasteiger partial charge in [0.05, 0.1) is 6.26 Å². The number of benzene rings is 1. The number of hydrogen-bond donors (Lipinski definition) is 2. The van der Waals surface area contributed by atoms with E-state index in [9.17, 15) is 4.79 Å².